The molecule has 0 radical (unpaired) electrons. The highest BCUT2D eigenvalue weighted by atomic mass is 14.8. The number of allylic oxidation sites excluding steroid dienone is 2. The van der Waals surface area contributed by atoms with Crippen LogP contribution in [0.4, 0.5) is 0 Å². The molecule has 2 rings (SSSR count). The lowest BCUT2D eigenvalue weighted by molar-refractivity contribution is 0.00739. The number of hydrogen-bond acceptors (Lipinski definition) is 0. The molecule has 0 fully saturated rings. The third-order valence-electron chi connectivity index (χ3n) is 13.2. The van der Waals surface area contributed by atoms with Crippen molar-refractivity contribution in [2.24, 2.45) is 0 Å². The van der Waals surface area contributed by atoms with E-state index < -0.39 is 0 Å². The number of nitrogens with zero attached hydrogens (tertiary/aromatic N) is 2. The summed E-state index contributed by atoms with van der Waals surface area (Å²) in [5.41, 5.74) is 25.6. The molecule has 0 aliphatic carbocycles. The zero-order valence-electron chi connectivity index (χ0n) is 40.5. The van der Waals surface area contributed by atoms with Gasteiger partial charge in [-0.3, -0.25) is 0 Å². The molecule has 332 valence electrons. The molecule has 0 aliphatic rings. The highest BCUT2D eigenvalue weighted by Crippen LogP contribution is 2.39. The predicted octanol–water partition coefficient (Wildman–Crippen LogP) is 18.7. The maximum atomic E-state index is 10.1. The van der Waals surface area contributed by atoms with Gasteiger partial charge in [0.15, 0.2) is 0 Å². The van der Waals surface area contributed by atoms with Crippen LogP contribution in [0, 0.1) is 20.8 Å². The Kier molecular flexibility index (Phi) is 30.2. The monoisotopic (exact) mass is 807 g/mol. The minimum Gasteiger partial charge on any atom is -0.348 e. The first-order chi connectivity index (χ1) is 28.9. The van der Waals surface area contributed by atoms with Gasteiger partial charge in [0.1, 0.15) is 0 Å². The molecular weight excluding hydrogens is 713 g/mol. The lowest BCUT2D eigenvalue weighted by Crippen LogP contribution is -2.07. The Balaban J connectivity index is 2.66. The average molecular weight is 807 g/mol. The van der Waals surface area contributed by atoms with E-state index in [4.69, 9.17) is 0 Å². The summed E-state index contributed by atoms with van der Waals surface area (Å²) in [6.45, 7) is 18.4. The van der Waals surface area contributed by atoms with Gasteiger partial charge in [-0.2, -0.15) is 0 Å². The fraction of sp³-hybridized carbons (Fsp3) is 0.719. The SMILES string of the molecule is CCCCCCCCCCCCCCCCC(C(=C=[N+]=[N-])CCCC)=C(c1cc(C)c(C)c(C)c1)c1cc(CCCCCC)c(CCCCCC)c(CCCCCC)c1. The zero-order chi connectivity index (χ0) is 42.9. The van der Waals surface area contributed by atoms with Gasteiger partial charge in [0.25, 0.3) is 0 Å². The van der Waals surface area contributed by atoms with Crippen molar-refractivity contribution in [1.29, 1.82) is 0 Å². The molecule has 0 heterocycles. The van der Waals surface area contributed by atoms with Crippen molar-refractivity contribution in [1.82, 2.24) is 0 Å². The first-order valence-corrected chi connectivity index (χ1v) is 25.8. The van der Waals surface area contributed by atoms with Crippen LogP contribution in [0.2, 0.25) is 0 Å². The maximum Gasteiger partial charge on any atom is 0.303 e. The lowest BCUT2D eigenvalue weighted by Gasteiger charge is -2.23. The first-order valence-electron chi connectivity index (χ1n) is 25.8. The Hall–Kier alpha value is -2.66. The molecule has 2 nitrogen and oxygen atoms in total. The molecular formula is C57H94N2. The van der Waals surface area contributed by atoms with Gasteiger partial charge in [0, 0.05) is 0 Å². The normalized spacial score (nSPS) is 11.8. The van der Waals surface area contributed by atoms with E-state index in [0.29, 0.717) is 0 Å². The van der Waals surface area contributed by atoms with Crippen molar-refractivity contribution in [2.45, 2.75) is 267 Å². The van der Waals surface area contributed by atoms with Crippen molar-refractivity contribution in [3.8, 4) is 0 Å². The van der Waals surface area contributed by atoms with E-state index in [0.717, 1.165) is 37.7 Å². The fourth-order valence-electron chi connectivity index (χ4n) is 9.23. The molecule has 2 aromatic carbocycles. The standard InChI is InChI=1S/C57H94N2/c1-9-14-19-23-24-25-26-27-28-29-30-31-32-36-41-56(52(46-59-58)37-18-13-5)57(53-42-47(6)49(8)48(7)43-53)54-44-50(38-33-20-15-10-2)55(40-35-22-17-12-4)51(45-54)39-34-21-16-11-3/h42-45H,9-41H2,1-8H3. The number of hydrogen-bond donors (Lipinski definition) is 0. The summed E-state index contributed by atoms with van der Waals surface area (Å²) < 4.78 is 0. The highest BCUT2D eigenvalue weighted by molar-refractivity contribution is 5.88. The Morgan fingerprint density at radius 3 is 1.24 bits per heavy atom. The van der Waals surface area contributed by atoms with Crippen LogP contribution in [-0.4, -0.2) is 10.7 Å². The molecule has 2 aromatic rings. The van der Waals surface area contributed by atoms with Crippen LogP contribution in [0.1, 0.15) is 272 Å². The summed E-state index contributed by atoms with van der Waals surface area (Å²) in [5, 5.41) is 0. The van der Waals surface area contributed by atoms with Crippen molar-refractivity contribution in [2.75, 3.05) is 0 Å². The largest absolute Gasteiger partial charge is 0.348 e. The summed E-state index contributed by atoms with van der Waals surface area (Å²) in [6.07, 6.45) is 42.3. The Bertz CT molecular complexity index is 1470. The smallest absolute Gasteiger partial charge is 0.303 e. The Morgan fingerprint density at radius 1 is 0.441 bits per heavy atom. The molecule has 0 saturated carbocycles. The topological polar surface area (TPSA) is 36.4 Å². The van der Waals surface area contributed by atoms with Gasteiger partial charge < -0.3 is 5.53 Å². The van der Waals surface area contributed by atoms with E-state index in [2.05, 4.69) is 90.3 Å². The van der Waals surface area contributed by atoms with Crippen LogP contribution in [0.5, 0.6) is 0 Å². The molecule has 59 heavy (non-hydrogen) atoms. The second-order valence-electron chi connectivity index (χ2n) is 18.4. The minimum atomic E-state index is 0.894. The number of benzene rings is 2. The van der Waals surface area contributed by atoms with Crippen molar-refractivity contribution in [3.05, 3.63) is 85.5 Å². The van der Waals surface area contributed by atoms with E-state index in [1.54, 1.807) is 16.7 Å². The lowest BCUT2D eigenvalue weighted by atomic mass is 9.81. The zero-order valence-corrected chi connectivity index (χ0v) is 40.5. The van der Waals surface area contributed by atoms with Gasteiger partial charge in [-0.15, -0.1) is 4.79 Å². The maximum absolute atomic E-state index is 10.1. The van der Waals surface area contributed by atoms with Gasteiger partial charge in [-0.1, -0.05) is 207 Å². The quantitative estimate of drug-likeness (QED) is 0.0216. The molecule has 0 amide bonds. The summed E-state index contributed by atoms with van der Waals surface area (Å²) in [7, 11) is 0. The van der Waals surface area contributed by atoms with Crippen LogP contribution in [-0.2, 0) is 19.3 Å². The van der Waals surface area contributed by atoms with Crippen LogP contribution < -0.4 is 0 Å². The van der Waals surface area contributed by atoms with E-state index in [1.165, 1.54) is 219 Å². The van der Waals surface area contributed by atoms with Crippen molar-refractivity contribution >= 4 is 11.4 Å². The molecule has 0 aliphatic heterocycles. The molecule has 0 atom stereocenters. The first kappa shape index (κ1) is 52.5. The van der Waals surface area contributed by atoms with Gasteiger partial charge in [0.2, 0.25) is 0 Å². The van der Waals surface area contributed by atoms with E-state index in [-0.39, 0.29) is 0 Å². The number of rotatable bonds is 36. The van der Waals surface area contributed by atoms with E-state index in [9.17, 15) is 5.53 Å². The average Bonchev–Trinajstić information content (AvgIpc) is 3.23. The van der Waals surface area contributed by atoms with Crippen LogP contribution in [0.3, 0.4) is 0 Å². The van der Waals surface area contributed by atoms with Gasteiger partial charge in [0.05, 0.1) is 5.57 Å². The summed E-state index contributed by atoms with van der Waals surface area (Å²) in [6, 6.07) is 10.2. The van der Waals surface area contributed by atoms with Crippen LogP contribution >= 0.6 is 0 Å². The van der Waals surface area contributed by atoms with Gasteiger partial charge in [-0.25, -0.2) is 0 Å². The Morgan fingerprint density at radius 2 is 0.814 bits per heavy atom. The summed E-state index contributed by atoms with van der Waals surface area (Å²) >= 11 is 0. The molecule has 0 N–H and O–H groups in total. The van der Waals surface area contributed by atoms with Crippen molar-refractivity contribution in [3.63, 3.8) is 0 Å². The third-order valence-corrected chi connectivity index (χ3v) is 13.2. The van der Waals surface area contributed by atoms with Gasteiger partial charge in [-0.05, 0) is 141 Å². The second-order valence-corrected chi connectivity index (χ2v) is 18.4. The van der Waals surface area contributed by atoms with Crippen LogP contribution in [0.25, 0.3) is 11.1 Å². The molecule has 0 bridgehead atoms. The van der Waals surface area contributed by atoms with Crippen molar-refractivity contribution < 1.29 is 4.79 Å². The van der Waals surface area contributed by atoms with E-state index >= 15 is 0 Å². The molecule has 0 spiro atoms. The fourth-order valence-corrected chi connectivity index (χ4v) is 9.23. The molecule has 0 aromatic heterocycles. The molecule has 0 saturated heterocycles. The number of aryl methyl sites for hydroxylation is 4. The summed E-state index contributed by atoms with van der Waals surface area (Å²) in [4.78, 5) is 3.64. The minimum absolute atomic E-state index is 0.894. The van der Waals surface area contributed by atoms with Gasteiger partial charge >= 0.3 is 5.87 Å². The molecule has 0 unspecified atom stereocenters. The van der Waals surface area contributed by atoms with E-state index in [1.807, 2.05) is 0 Å². The Labute approximate surface area is 367 Å². The number of unbranched alkanes of at least 4 members (excludes halogenated alkanes) is 23. The highest BCUT2D eigenvalue weighted by Gasteiger charge is 2.22. The molecule has 2 heteroatoms. The second kappa shape index (κ2) is 34.0. The predicted molar refractivity (Wildman–Crippen MR) is 263 cm³/mol. The third kappa shape index (κ3) is 21.1. The summed E-state index contributed by atoms with van der Waals surface area (Å²) in [5.74, 6) is 3.19. The van der Waals surface area contributed by atoms with Crippen LogP contribution in [0.15, 0.2) is 35.4 Å².